The Bertz CT molecular complexity index is 321. The first kappa shape index (κ1) is 13.0. The normalized spacial score (nSPS) is 13.1. The van der Waals surface area contributed by atoms with Crippen molar-refractivity contribution in [3.8, 4) is 0 Å². The van der Waals surface area contributed by atoms with Gasteiger partial charge in [0, 0.05) is 27.5 Å². The maximum Gasteiger partial charge on any atom is 0.176 e. The van der Waals surface area contributed by atoms with E-state index in [1.807, 2.05) is 24.9 Å². The number of hydrogen-bond donors (Lipinski definition) is 1. The zero-order chi connectivity index (χ0) is 12.1. The summed E-state index contributed by atoms with van der Waals surface area (Å²) >= 11 is 0. The number of aromatic nitrogens is 2. The van der Waals surface area contributed by atoms with Crippen LogP contribution in [0.1, 0.15) is 19.5 Å². The van der Waals surface area contributed by atoms with Crippen LogP contribution in [0.4, 0.5) is 5.69 Å². The van der Waals surface area contributed by atoms with Crippen molar-refractivity contribution in [2.45, 2.75) is 32.6 Å². The van der Waals surface area contributed by atoms with E-state index in [-0.39, 0.29) is 12.3 Å². The van der Waals surface area contributed by atoms with E-state index in [1.54, 1.807) is 14.2 Å². The van der Waals surface area contributed by atoms with Gasteiger partial charge in [0.15, 0.2) is 6.29 Å². The maximum atomic E-state index is 5.20. The van der Waals surface area contributed by atoms with Gasteiger partial charge in [-0.2, -0.15) is 5.10 Å². The van der Waals surface area contributed by atoms with Gasteiger partial charge >= 0.3 is 0 Å². The van der Waals surface area contributed by atoms with Crippen LogP contribution in [-0.2, 0) is 22.9 Å². The first-order valence-corrected chi connectivity index (χ1v) is 5.47. The Morgan fingerprint density at radius 1 is 1.44 bits per heavy atom. The van der Waals surface area contributed by atoms with Gasteiger partial charge in [0.1, 0.15) is 0 Å². The zero-order valence-corrected chi connectivity index (χ0v) is 10.7. The van der Waals surface area contributed by atoms with Gasteiger partial charge in [0.25, 0.3) is 0 Å². The fourth-order valence-corrected chi connectivity index (χ4v) is 1.73. The molecule has 1 aromatic rings. The summed E-state index contributed by atoms with van der Waals surface area (Å²) in [7, 11) is 5.19. The summed E-state index contributed by atoms with van der Waals surface area (Å²) in [5.74, 6) is 0. The molecule has 0 aliphatic carbocycles. The predicted octanol–water partition coefficient (Wildman–Crippen LogP) is 1.40. The Balaban J connectivity index is 2.71. The number of aryl methyl sites for hydroxylation is 2. The lowest BCUT2D eigenvalue weighted by Gasteiger charge is -2.22. The molecular formula is C11H21N3O2. The average molecular weight is 227 g/mol. The van der Waals surface area contributed by atoms with Crippen molar-refractivity contribution < 1.29 is 9.47 Å². The lowest BCUT2D eigenvalue weighted by molar-refractivity contribution is -0.109. The molecule has 0 amide bonds. The van der Waals surface area contributed by atoms with E-state index in [0.717, 1.165) is 17.8 Å². The van der Waals surface area contributed by atoms with Crippen molar-refractivity contribution in [2.75, 3.05) is 19.5 Å². The molecule has 0 saturated carbocycles. The molecule has 0 bridgehead atoms. The van der Waals surface area contributed by atoms with Crippen molar-refractivity contribution in [3.63, 3.8) is 0 Å². The summed E-state index contributed by atoms with van der Waals surface area (Å²) in [5, 5.41) is 7.72. The summed E-state index contributed by atoms with van der Waals surface area (Å²) < 4.78 is 12.2. The molecule has 0 spiro atoms. The minimum atomic E-state index is -0.259. The molecule has 5 nitrogen and oxygen atoms in total. The molecule has 16 heavy (non-hydrogen) atoms. The largest absolute Gasteiger partial charge is 0.375 e. The molecule has 5 heteroatoms. The minimum absolute atomic E-state index is 0.0736. The summed E-state index contributed by atoms with van der Waals surface area (Å²) in [5.41, 5.74) is 2.09. The van der Waals surface area contributed by atoms with E-state index in [0.29, 0.717) is 0 Å². The van der Waals surface area contributed by atoms with Crippen LogP contribution in [0.25, 0.3) is 0 Å². The standard InChI is InChI=1S/C11H21N3O2/c1-6-9-10(7-14(3)13-9)12-8(2)11(15-4)16-5/h7-8,11-12H,6H2,1-5H3. The van der Waals surface area contributed by atoms with E-state index >= 15 is 0 Å². The van der Waals surface area contributed by atoms with E-state index < -0.39 is 0 Å². The summed E-state index contributed by atoms with van der Waals surface area (Å²) in [6.07, 6.45) is 2.61. The molecule has 92 valence electrons. The number of anilines is 1. The van der Waals surface area contributed by atoms with Gasteiger partial charge in [0.2, 0.25) is 0 Å². The monoisotopic (exact) mass is 227 g/mol. The quantitative estimate of drug-likeness (QED) is 0.746. The van der Waals surface area contributed by atoms with Crippen LogP contribution < -0.4 is 5.32 Å². The maximum absolute atomic E-state index is 5.20. The van der Waals surface area contributed by atoms with Gasteiger partial charge in [-0.3, -0.25) is 4.68 Å². The number of methoxy groups -OCH3 is 2. The zero-order valence-electron chi connectivity index (χ0n) is 10.7. The molecule has 1 rings (SSSR count). The molecular weight excluding hydrogens is 206 g/mol. The highest BCUT2D eigenvalue weighted by atomic mass is 16.7. The highest BCUT2D eigenvalue weighted by Crippen LogP contribution is 2.16. The summed E-state index contributed by atoms with van der Waals surface area (Å²) in [6.45, 7) is 4.10. The Hall–Kier alpha value is -1.07. The highest BCUT2D eigenvalue weighted by Gasteiger charge is 2.17. The molecule has 0 aliphatic rings. The first-order chi connectivity index (χ1) is 7.62. The number of nitrogens with zero attached hydrogens (tertiary/aromatic N) is 2. The SMILES string of the molecule is CCc1nn(C)cc1NC(C)C(OC)OC. The highest BCUT2D eigenvalue weighted by molar-refractivity contribution is 5.47. The predicted molar refractivity (Wildman–Crippen MR) is 63.5 cm³/mol. The van der Waals surface area contributed by atoms with E-state index in [4.69, 9.17) is 9.47 Å². The molecule has 1 aromatic heterocycles. The lowest BCUT2D eigenvalue weighted by Crippen LogP contribution is -2.33. The van der Waals surface area contributed by atoms with Gasteiger partial charge < -0.3 is 14.8 Å². The van der Waals surface area contributed by atoms with Crippen LogP contribution in [0, 0.1) is 0 Å². The summed E-state index contributed by atoms with van der Waals surface area (Å²) in [4.78, 5) is 0. The molecule has 0 fully saturated rings. The lowest BCUT2D eigenvalue weighted by atomic mass is 10.2. The van der Waals surface area contributed by atoms with Crippen LogP contribution >= 0.6 is 0 Å². The fraction of sp³-hybridized carbons (Fsp3) is 0.727. The molecule has 0 radical (unpaired) electrons. The molecule has 0 aliphatic heterocycles. The van der Waals surface area contributed by atoms with Crippen molar-refractivity contribution in [3.05, 3.63) is 11.9 Å². The van der Waals surface area contributed by atoms with Gasteiger partial charge in [-0.1, -0.05) is 6.92 Å². The third-order valence-corrected chi connectivity index (χ3v) is 2.50. The average Bonchev–Trinajstić information content (AvgIpc) is 2.60. The molecule has 1 heterocycles. The molecule has 1 unspecified atom stereocenters. The van der Waals surface area contributed by atoms with Crippen molar-refractivity contribution in [1.29, 1.82) is 0 Å². The van der Waals surface area contributed by atoms with Gasteiger partial charge in [-0.05, 0) is 13.3 Å². The van der Waals surface area contributed by atoms with Crippen molar-refractivity contribution >= 4 is 5.69 Å². The van der Waals surface area contributed by atoms with E-state index in [2.05, 4.69) is 17.3 Å². The second kappa shape index (κ2) is 5.86. The number of nitrogens with one attached hydrogen (secondary N) is 1. The summed E-state index contributed by atoms with van der Waals surface area (Å²) in [6, 6.07) is 0.0736. The third-order valence-electron chi connectivity index (χ3n) is 2.50. The number of rotatable bonds is 6. The van der Waals surface area contributed by atoms with Crippen LogP contribution in [-0.4, -0.2) is 36.3 Å². The Morgan fingerprint density at radius 3 is 2.56 bits per heavy atom. The molecule has 0 aromatic carbocycles. The topological polar surface area (TPSA) is 48.3 Å². The molecule has 1 N–H and O–H groups in total. The van der Waals surface area contributed by atoms with Crippen molar-refractivity contribution in [1.82, 2.24) is 9.78 Å². The van der Waals surface area contributed by atoms with Crippen LogP contribution in [0.15, 0.2) is 6.20 Å². The second-order valence-corrected chi connectivity index (χ2v) is 3.79. The first-order valence-electron chi connectivity index (χ1n) is 5.47. The van der Waals surface area contributed by atoms with E-state index in [1.165, 1.54) is 0 Å². The Morgan fingerprint density at radius 2 is 2.06 bits per heavy atom. The molecule has 0 saturated heterocycles. The van der Waals surface area contributed by atoms with Gasteiger partial charge in [-0.15, -0.1) is 0 Å². The van der Waals surface area contributed by atoms with Crippen LogP contribution in [0.5, 0.6) is 0 Å². The van der Waals surface area contributed by atoms with Crippen LogP contribution in [0.3, 0.4) is 0 Å². The van der Waals surface area contributed by atoms with Crippen molar-refractivity contribution in [2.24, 2.45) is 7.05 Å². The number of hydrogen-bond acceptors (Lipinski definition) is 4. The second-order valence-electron chi connectivity index (χ2n) is 3.79. The number of ether oxygens (including phenoxy) is 2. The molecule has 1 atom stereocenters. The van der Waals surface area contributed by atoms with Gasteiger partial charge in [-0.25, -0.2) is 0 Å². The fourth-order valence-electron chi connectivity index (χ4n) is 1.73. The smallest absolute Gasteiger partial charge is 0.176 e. The Labute approximate surface area is 96.7 Å². The van der Waals surface area contributed by atoms with Gasteiger partial charge in [0.05, 0.1) is 17.4 Å². The Kier molecular flexibility index (Phi) is 4.76. The minimum Gasteiger partial charge on any atom is -0.375 e. The van der Waals surface area contributed by atoms with E-state index in [9.17, 15) is 0 Å². The third kappa shape index (κ3) is 2.96. The van der Waals surface area contributed by atoms with Crippen LogP contribution in [0.2, 0.25) is 0 Å².